The van der Waals surface area contributed by atoms with Crippen LogP contribution in [0.4, 0.5) is 0 Å². The zero-order valence-electron chi connectivity index (χ0n) is 46.2. The van der Waals surface area contributed by atoms with E-state index < -0.39 is 18.3 Å². The molecule has 1 aliphatic rings. The number of hydrogen-bond donors (Lipinski definition) is 0. The lowest BCUT2D eigenvalue weighted by atomic mass is 10.0. The Morgan fingerprint density at radius 1 is 0.563 bits per heavy atom. The number of unbranched alkanes of at least 4 members (excludes halogenated alkanes) is 27. The van der Waals surface area contributed by atoms with E-state index in [1.807, 2.05) is 13.8 Å². The summed E-state index contributed by atoms with van der Waals surface area (Å²) >= 11 is 1.15. The molecule has 0 spiro atoms. The van der Waals surface area contributed by atoms with Crippen molar-refractivity contribution in [3.05, 3.63) is 11.8 Å². The van der Waals surface area contributed by atoms with Crippen LogP contribution in [0.25, 0.3) is 5.57 Å². The predicted octanol–water partition coefficient (Wildman–Crippen LogP) is 15.4. The second-order valence-electron chi connectivity index (χ2n) is 21.1. The molecule has 0 fully saturated rings. The number of nitrogens with zero attached hydrogens (tertiary/aromatic N) is 3. The van der Waals surface area contributed by atoms with E-state index in [-0.39, 0.29) is 49.9 Å². The molecular weight excluding hydrogens is 915 g/mol. The Balaban J connectivity index is 1.78. The molecule has 13 heteroatoms. The van der Waals surface area contributed by atoms with Gasteiger partial charge in [0.1, 0.15) is 25.5 Å². The molecule has 0 aromatic carbocycles. The number of hydrogen-bond acceptors (Lipinski definition) is 12. The van der Waals surface area contributed by atoms with Crippen molar-refractivity contribution >= 4 is 41.2 Å². The van der Waals surface area contributed by atoms with Gasteiger partial charge in [-0.2, -0.15) is 4.37 Å². The summed E-state index contributed by atoms with van der Waals surface area (Å²) in [6, 6.07) is 0. The van der Waals surface area contributed by atoms with Crippen LogP contribution in [0.15, 0.2) is 6.08 Å². The molecule has 1 aromatic rings. The second-order valence-corrected chi connectivity index (χ2v) is 21.6. The maximum Gasteiger partial charge on any atom is 0.310 e. The number of rotatable bonds is 47. The number of ether oxygens (including phenoxy) is 5. The van der Waals surface area contributed by atoms with Crippen LogP contribution in [0.5, 0.6) is 5.88 Å². The molecule has 410 valence electrons. The molecule has 2 rings (SSSR count). The highest BCUT2D eigenvalue weighted by Crippen LogP contribution is 2.32. The molecule has 1 aromatic heterocycles. The lowest BCUT2D eigenvalue weighted by molar-refractivity contribution is -0.944. The molecule has 12 nitrogen and oxygen atoms in total. The third-order valence-corrected chi connectivity index (χ3v) is 14.7. The lowest BCUT2D eigenvalue weighted by Crippen LogP contribution is -2.55. The highest BCUT2D eigenvalue weighted by molar-refractivity contribution is 6.99. The number of aromatic nitrogens is 2. The molecule has 2 heterocycles. The first-order valence-corrected chi connectivity index (χ1v) is 29.9. The maximum absolute atomic E-state index is 13.2. The van der Waals surface area contributed by atoms with E-state index in [0.717, 1.165) is 87.3 Å². The monoisotopic (exact) mass is 1020 g/mol. The van der Waals surface area contributed by atoms with Gasteiger partial charge in [0.25, 0.3) is 5.88 Å². The average Bonchev–Trinajstić information content (AvgIpc) is 3.83. The van der Waals surface area contributed by atoms with Crippen LogP contribution in [0.3, 0.4) is 0 Å². The van der Waals surface area contributed by atoms with Crippen molar-refractivity contribution in [2.45, 2.75) is 278 Å². The molecule has 0 saturated carbocycles. The van der Waals surface area contributed by atoms with Crippen molar-refractivity contribution < 1.29 is 47.3 Å². The molecule has 0 radical (unpaired) electrons. The zero-order valence-corrected chi connectivity index (χ0v) is 47.0. The summed E-state index contributed by atoms with van der Waals surface area (Å²) in [7, 11) is 2.10. The Labute approximate surface area is 437 Å². The van der Waals surface area contributed by atoms with Gasteiger partial charge < -0.3 is 23.7 Å². The smallest absolute Gasteiger partial charge is 0.310 e. The van der Waals surface area contributed by atoms with Crippen LogP contribution >= 0.6 is 11.7 Å². The summed E-state index contributed by atoms with van der Waals surface area (Å²) in [6.45, 7) is 12.3. The van der Waals surface area contributed by atoms with Gasteiger partial charge in [0.05, 0.1) is 31.9 Å². The van der Waals surface area contributed by atoms with E-state index in [2.05, 4.69) is 42.6 Å². The number of likely N-dealkylation sites (N-methyl/N-ethyl adjacent to an activating group) is 1. The molecule has 71 heavy (non-hydrogen) atoms. The third kappa shape index (κ3) is 32.7. The maximum atomic E-state index is 13.2. The topological polar surface area (TPSA) is 140 Å². The van der Waals surface area contributed by atoms with Crippen molar-refractivity contribution in [1.82, 2.24) is 8.75 Å². The van der Waals surface area contributed by atoms with Crippen LogP contribution in [-0.4, -0.2) is 89.4 Å². The van der Waals surface area contributed by atoms with Crippen LogP contribution in [0.2, 0.25) is 0 Å². The zero-order chi connectivity index (χ0) is 51.6. The van der Waals surface area contributed by atoms with Gasteiger partial charge in [-0.05, 0) is 31.6 Å². The van der Waals surface area contributed by atoms with Crippen molar-refractivity contribution in [1.29, 1.82) is 0 Å². The van der Waals surface area contributed by atoms with E-state index in [4.69, 9.17) is 23.7 Å². The van der Waals surface area contributed by atoms with Gasteiger partial charge in [-0.15, -0.1) is 4.37 Å². The highest BCUT2D eigenvalue weighted by Gasteiger charge is 2.37. The van der Waals surface area contributed by atoms with Crippen molar-refractivity contribution in [2.75, 3.05) is 40.0 Å². The van der Waals surface area contributed by atoms with Crippen LogP contribution in [0.1, 0.15) is 271 Å². The normalized spacial score (nSPS) is 15.6. The first-order chi connectivity index (χ1) is 34.5. The van der Waals surface area contributed by atoms with Gasteiger partial charge in [0, 0.05) is 44.6 Å². The molecule has 2 unspecified atom stereocenters. The highest BCUT2D eigenvalue weighted by atomic mass is 32.1. The Hall–Kier alpha value is -3.06. The Morgan fingerprint density at radius 3 is 1.49 bits per heavy atom. The number of esters is 4. The minimum absolute atomic E-state index is 0.0613. The summed E-state index contributed by atoms with van der Waals surface area (Å²) in [4.78, 5) is 52.0. The molecule has 0 bridgehead atoms. The first kappa shape index (κ1) is 64.1. The minimum Gasteiger partial charge on any atom is -0.475 e. The molecule has 1 aliphatic heterocycles. The van der Waals surface area contributed by atoms with E-state index >= 15 is 0 Å². The Morgan fingerprint density at radius 2 is 1.01 bits per heavy atom. The van der Waals surface area contributed by atoms with E-state index in [9.17, 15) is 19.2 Å². The lowest BCUT2D eigenvalue weighted by Gasteiger charge is -2.41. The third-order valence-electron chi connectivity index (χ3n) is 14.2. The van der Waals surface area contributed by atoms with Crippen molar-refractivity contribution in [3.8, 4) is 5.88 Å². The fraction of sp³-hybridized carbons (Fsp3) is 0.862. The van der Waals surface area contributed by atoms with Gasteiger partial charge in [0.15, 0.2) is 6.10 Å². The molecular formula is C58H104N3O9S+. The number of carbonyl (C=O) groups is 4. The molecule has 0 saturated heterocycles. The fourth-order valence-corrected chi connectivity index (χ4v) is 9.82. The quantitative estimate of drug-likeness (QED) is 0.0267. The standard InChI is InChI=1S/C58H104N3O9S/c1-7-10-13-16-18-20-22-24-26-28-30-32-34-39-53(62)67-47-52(48-68-54(63)40-35-33-31-29-27-25-23-21-19-17-14-11-8-2)70-56(65)45-49(4)41-42-55(64)69-50(5)61(6)43-37-38-51(46-61)57-58(60-71-59-57)66-44-36-15-12-9-3/h38,49-50,52H,7-37,39-48H2,1-6H3/q+1/t49?,50-,61?/m1/s1. The van der Waals surface area contributed by atoms with Crippen molar-refractivity contribution in [2.24, 2.45) is 5.92 Å². The van der Waals surface area contributed by atoms with E-state index in [1.54, 1.807) is 0 Å². The largest absolute Gasteiger partial charge is 0.475 e. The SMILES string of the molecule is CCCCCCCCCCCCCCCC(=O)OCC(COC(=O)CCCCCCCCCCCCCCC)OC(=O)CC(C)CCC(=O)O[C@H](C)[N+]1(C)CCC=C(c2nsnc2OCCCCCC)C1. The van der Waals surface area contributed by atoms with E-state index in [1.165, 1.54) is 141 Å². The van der Waals surface area contributed by atoms with Crippen LogP contribution in [-0.2, 0) is 38.1 Å². The van der Waals surface area contributed by atoms with Gasteiger partial charge in [-0.25, -0.2) is 0 Å². The van der Waals surface area contributed by atoms with E-state index in [0.29, 0.717) is 42.8 Å². The molecule has 0 amide bonds. The van der Waals surface area contributed by atoms with Crippen LogP contribution in [0, 0.1) is 5.92 Å². The molecule has 3 atom stereocenters. The first-order valence-electron chi connectivity index (χ1n) is 29.2. The Kier molecular flexibility index (Phi) is 38.2. The second kappa shape index (κ2) is 42.3. The van der Waals surface area contributed by atoms with Gasteiger partial charge >= 0.3 is 23.9 Å². The molecule has 0 N–H and O–H groups in total. The number of carbonyl (C=O) groups excluding carboxylic acids is 4. The Bertz CT molecular complexity index is 1510. The van der Waals surface area contributed by atoms with Gasteiger partial charge in [0.2, 0.25) is 6.23 Å². The fourth-order valence-electron chi connectivity index (χ4n) is 9.29. The summed E-state index contributed by atoms with van der Waals surface area (Å²) in [5, 5.41) is 0. The number of quaternary nitrogens is 1. The van der Waals surface area contributed by atoms with Crippen LogP contribution < -0.4 is 4.74 Å². The summed E-state index contributed by atoms with van der Waals surface area (Å²) in [6.07, 6.45) is 39.3. The van der Waals surface area contributed by atoms with Crippen molar-refractivity contribution in [3.63, 3.8) is 0 Å². The minimum atomic E-state index is -0.909. The van der Waals surface area contributed by atoms with Gasteiger partial charge in [-0.3, -0.25) is 23.7 Å². The summed E-state index contributed by atoms with van der Waals surface area (Å²) in [5.41, 5.74) is 1.83. The summed E-state index contributed by atoms with van der Waals surface area (Å²) in [5.74, 6) is -1.08. The summed E-state index contributed by atoms with van der Waals surface area (Å²) < 4.78 is 38.5. The molecule has 0 aliphatic carbocycles. The predicted molar refractivity (Wildman–Crippen MR) is 289 cm³/mol. The van der Waals surface area contributed by atoms with Gasteiger partial charge in [-0.1, -0.05) is 207 Å². The average molecular weight is 1020 g/mol.